The highest BCUT2D eigenvalue weighted by Gasteiger charge is 2.36. The molecule has 0 spiro atoms. The van der Waals surface area contributed by atoms with Crippen LogP contribution in [-0.4, -0.2) is 59.5 Å². The average Bonchev–Trinajstić information content (AvgIpc) is 2.92. The fourth-order valence-corrected chi connectivity index (χ4v) is 6.11. The molecule has 1 aliphatic rings. The molecule has 0 aliphatic carbocycles. The summed E-state index contributed by atoms with van der Waals surface area (Å²) in [6.45, 7) is 3.17. The molecule has 0 bridgehead atoms. The lowest BCUT2D eigenvalue weighted by molar-refractivity contribution is 0.115. The molecule has 1 saturated heterocycles. The second-order valence-electron chi connectivity index (χ2n) is 8.92. The number of piperidine rings is 1. The van der Waals surface area contributed by atoms with Crippen molar-refractivity contribution in [3.05, 3.63) is 95.6 Å². The van der Waals surface area contributed by atoms with E-state index in [0.29, 0.717) is 5.56 Å². The van der Waals surface area contributed by atoms with E-state index in [1.54, 1.807) is 30.7 Å². The van der Waals surface area contributed by atoms with Gasteiger partial charge in [-0.05, 0) is 60.7 Å². The molecule has 1 atom stereocenters. The predicted molar refractivity (Wildman–Crippen MR) is 136 cm³/mol. The van der Waals surface area contributed by atoms with Crippen molar-refractivity contribution in [3.8, 4) is 6.07 Å². The molecule has 1 unspecified atom stereocenters. The van der Waals surface area contributed by atoms with Gasteiger partial charge in [0.05, 0.1) is 17.4 Å². The van der Waals surface area contributed by atoms with Crippen molar-refractivity contribution in [1.82, 2.24) is 19.2 Å². The molecule has 2 aromatic heterocycles. The molecule has 0 radical (unpaired) electrons. The molecule has 4 rings (SSSR count). The maximum absolute atomic E-state index is 12.5. The van der Waals surface area contributed by atoms with E-state index in [2.05, 4.69) is 39.1 Å². The fourth-order valence-electron chi connectivity index (χ4n) is 5.04. The Labute approximate surface area is 208 Å². The van der Waals surface area contributed by atoms with Crippen molar-refractivity contribution in [3.63, 3.8) is 0 Å². The summed E-state index contributed by atoms with van der Waals surface area (Å²) in [6, 6.07) is 18.0. The van der Waals surface area contributed by atoms with Crippen molar-refractivity contribution in [2.75, 3.05) is 25.9 Å². The molecule has 1 aromatic carbocycles. The normalized spacial score (nSPS) is 16.3. The van der Waals surface area contributed by atoms with E-state index in [1.807, 2.05) is 42.7 Å². The SMILES string of the molecule is CCS(=O)(=O)N(C)C1CCN(C(c2cccc(C#N)c2)C(c2cccnc2)c2cccnc2)CC1. The first-order valence-electron chi connectivity index (χ1n) is 11.9. The summed E-state index contributed by atoms with van der Waals surface area (Å²) in [7, 11) is -1.54. The molecule has 0 N–H and O–H groups in total. The van der Waals surface area contributed by atoms with Gasteiger partial charge in [0.2, 0.25) is 10.0 Å². The Morgan fingerprint density at radius 3 is 2.14 bits per heavy atom. The van der Waals surface area contributed by atoms with Gasteiger partial charge in [0, 0.05) is 62.9 Å². The molecule has 1 fully saturated rings. The summed E-state index contributed by atoms with van der Waals surface area (Å²) >= 11 is 0. The van der Waals surface area contributed by atoms with Crippen LogP contribution in [0.1, 0.15) is 54.0 Å². The van der Waals surface area contributed by atoms with Gasteiger partial charge in [-0.3, -0.25) is 14.9 Å². The van der Waals surface area contributed by atoms with Crippen LogP contribution in [0.4, 0.5) is 0 Å². The number of hydrogen-bond acceptors (Lipinski definition) is 6. The van der Waals surface area contributed by atoms with Gasteiger partial charge in [-0.15, -0.1) is 0 Å². The Kier molecular flexibility index (Phi) is 7.91. The molecule has 35 heavy (non-hydrogen) atoms. The van der Waals surface area contributed by atoms with Crippen LogP contribution in [0.3, 0.4) is 0 Å². The number of benzene rings is 1. The van der Waals surface area contributed by atoms with Gasteiger partial charge in [0.25, 0.3) is 0 Å². The number of nitriles is 1. The Morgan fingerprint density at radius 1 is 1.03 bits per heavy atom. The Balaban J connectivity index is 1.74. The van der Waals surface area contributed by atoms with Crippen LogP contribution in [0, 0.1) is 11.3 Å². The number of hydrogen-bond donors (Lipinski definition) is 0. The molecule has 7 nitrogen and oxygen atoms in total. The molecule has 1 aliphatic heterocycles. The highest BCUT2D eigenvalue weighted by Crippen LogP contribution is 2.42. The molecular weight excluding hydrogens is 458 g/mol. The topological polar surface area (TPSA) is 90.2 Å². The number of aromatic nitrogens is 2. The van der Waals surface area contributed by atoms with Crippen molar-refractivity contribution < 1.29 is 8.42 Å². The zero-order valence-electron chi connectivity index (χ0n) is 20.2. The van der Waals surface area contributed by atoms with Crippen molar-refractivity contribution in [1.29, 1.82) is 5.26 Å². The first-order valence-corrected chi connectivity index (χ1v) is 13.5. The quantitative estimate of drug-likeness (QED) is 0.476. The van der Waals surface area contributed by atoms with Gasteiger partial charge in [0.1, 0.15) is 0 Å². The van der Waals surface area contributed by atoms with E-state index in [9.17, 15) is 13.7 Å². The second kappa shape index (κ2) is 11.1. The summed E-state index contributed by atoms with van der Waals surface area (Å²) < 4.78 is 26.5. The van der Waals surface area contributed by atoms with E-state index in [1.165, 1.54) is 0 Å². The van der Waals surface area contributed by atoms with E-state index in [-0.39, 0.29) is 23.8 Å². The number of pyridine rings is 2. The fraction of sp³-hybridized carbons (Fsp3) is 0.370. The zero-order chi connectivity index (χ0) is 24.8. The maximum atomic E-state index is 12.5. The van der Waals surface area contributed by atoms with E-state index < -0.39 is 10.0 Å². The van der Waals surface area contributed by atoms with Crippen LogP contribution in [0.5, 0.6) is 0 Å². The minimum atomic E-state index is -3.24. The molecule has 0 saturated carbocycles. The van der Waals surface area contributed by atoms with Crippen LogP contribution >= 0.6 is 0 Å². The Morgan fingerprint density at radius 2 is 1.63 bits per heavy atom. The molecule has 182 valence electrons. The van der Waals surface area contributed by atoms with Crippen molar-refractivity contribution in [2.24, 2.45) is 0 Å². The monoisotopic (exact) mass is 489 g/mol. The lowest BCUT2D eigenvalue weighted by Crippen LogP contribution is -2.47. The van der Waals surface area contributed by atoms with Crippen molar-refractivity contribution in [2.45, 2.75) is 37.8 Å². The van der Waals surface area contributed by atoms with Gasteiger partial charge in [0.15, 0.2) is 0 Å². The first-order chi connectivity index (χ1) is 16.9. The highest BCUT2D eigenvalue weighted by atomic mass is 32.2. The average molecular weight is 490 g/mol. The van der Waals surface area contributed by atoms with Gasteiger partial charge in [-0.2, -0.15) is 5.26 Å². The van der Waals surface area contributed by atoms with Crippen LogP contribution < -0.4 is 0 Å². The lowest BCUT2D eigenvalue weighted by Gasteiger charge is -2.43. The zero-order valence-corrected chi connectivity index (χ0v) is 21.0. The van der Waals surface area contributed by atoms with Crippen LogP contribution in [0.15, 0.2) is 73.3 Å². The number of rotatable bonds is 8. The minimum absolute atomic E-state index is 0.0162. The van der Waals surface area contributed by atoms with Crippen LogP contribution in [0.25, 0.3) is 0 Å². The Hall–Kier alpha value is -3.12. The summed E-state index contributed by atoms with van der Waals surface area (Å²) in [5.41, 5.74) is 3.81. The van der Waals surface area contributed by atoms with Crippen LogP contribution in [0.2, 0.25) is 0 Å². The second-order valence-corrected chi connectivity index (χ2v) is 11.2. The summed E-state index contributed by atoms with van der Waals surface area (Å²) in [4.78, 5) is 11.2. The molecule has 3 heterocycles. The molecule has 8 heteroatoms. The third-order valence-corrected chi connectivity index (χ3v) is 8.88. The number of nitrogens with zero attached hydrogens (tertiary/aromatic N) is 5. The molecule has 3 aromatic rings. The number of sulfonamides is 1. The molecular formula is C27H31N5O2S. The van der Waals surface area contributed by atoms with E-state index >= 15 is 0 Å². The minimum Gasteiger partial charge on any atom is -0.295 e. The smallest absolute Gasteiger partial charge is 0.213 e. The third kappa shape index (κ3) is 5.59. The van der Waals surface area contributed by atoms with E-state index in [4.69, 9.17) is 0 Å². The maximum Gasteiger partial charge on any atom is 0.213 e. The largest absolute Gasteiger partial charge is 0.295 e. The third-order valence-electron chi connectivity index (χ3n) is 6.97. The number of likely N-dealkylation sites (tertiary alicyclic amines) is 1. The summed E-state index contributed by atoms with van der Waals surface area (Å²) in [6.07, 6.45) is 8.82. The molecule has 0 amide bonds. The standard InChI is InChI=1S/C27H31N5O2S/c1-3-35(33,34)31(2)25-11-15-32(16-12-25)27(22-8-4-7-21(17-22)18-28)26(23-9-5-13-29-19-23)24-10-6-14-30-20-24/h4-10,13-14,17,19-20,25-27H,3,11-12,15-16H2,1-2H3. The van der Waals surface area contributed by atoms with E-state index in [0.717, 1.165) is 42.6 Å². The van der Waals surface area contributed by atoms with Crippen LogP contribution in [-0.2, 0) is 10.0 Å². The van der Waals surface area contributed by atoms with Gasteiger partial charge < -0.3 is 0 Å². The summed E-state index contributed by atoms with van der Waals surface area (Å²) in [5.74, 6) is 0.0530. The van der Waals surface area contributed by atoms with Gasteiger partial charge in [-0.1, -0.05) is 24.3 Å². The van der Waals surface area contributed by atoms with Gasteiger partial charge >= 0.3 is 0 Å². The first kappa shape index (κ1) is 25.0. The highest BCUT2D eigenvalue weighted by molar-refractivity contribution is 7.89. The lowest BCUT2D eigenvalue weighted by atomic mass is 9.81. The summed E-state index contributed by atoms with van der Waals surface area (Å²) in [5, 5.41) is 9.58. The van der Waals surface area contributed by atoms with Crippen molar-refractivity contribution >= 4 is 10.0 Å². The van der Waals surface area contributed by atoms with Gasteiger partial charge in [-0.25, -0.2) is 12.7 Å². The Bertz CT molecular complexity index is 1210. The predicted octanol–water partition coefficient (Wildman–Crippen LogP) is 3.97.